The molecule has 0 aliphatic carbocycles. The normalized spacial score (nSPS) is 12.1. The second kappa shape index (κ2) is 6.56. The van der Waals surface area contributed by atoms with E-state index in [0.29, 0.717) is 0 Å². The zero-order chi connectivity index (χ0) is 15.4. The first kappa shape index (κ1) is 16.2. The van der Waals surface area contributed by atoms with Crippen molar-refractivity contribution in [2.75, 3.05) is 11.1 Å². The van der Waals surface area contributed by atoms with Crippen LogP contribution < -0.4 is 16.4 Å². The van der Waals surface area contributed by atoms with Crippen molar-refractivity contribution < 1.29 is 14.0 Å². The van der Waals surface area contributed by atoms with Crippen molar-refractivity contribution >= 4 is 34.8 Å². The molecular formula is C13H17ClFN3O2. The summed E-state index contributed by atoms with van der Waals surface area (Å²) in [6.07, 6.45) is 0. The molecule has 0 unspecified atom stereocenters. The van der Waals surface area contributed by atoms with Gasteiger partial charge < -0.3 is 16.4 Å². The predicted molar refractivity (Wildman–Crippen MR) is 76.9 cm³/mol. The van der Waals surface area contributed by atoms with Crippen LogP contribution in [0.15, 0.2) is 12.1 Å². The number of nitrogens with two attached hydrogens (primary N) is 1. The maximum absolute atomic E-state index is 13.4. The van der Waals surface area contributed by atoms with Crippen molar-refractivity contribution in [3.05, 3.63) is 23.0 Å². The second-order valence-corrected chi connectivity index (χ2v) is 5.17. The van der Waals surface area contributed by atoms with Crippen LogP contribution in [0.4, 0.5) is 15.8 Å². The van der Waals surface area contributed by atoms with Crippen molar-refractivity contribution in [2.45, 2.75) is 26.8 Å². The first-order valence-electron chi connectivity index (χ1n) is 6.04. The van der Waals surface area contributed by atoms with Gasteiger partial charge in [-0.15, -0.1) is 0 Å². The lowest BCUT2D eigenvalue weighted by atomic mass is 10.0. The lowest BCUT2D eigenvalue weighted by molar-refractivity contribution is -0.126. The minimum absolute atomic E-state index is 0.0147. The van der Waals surface area contributed by atoms with Crippen LogP contribution in [0.2, 0.25) is 5.02 Å². The van der Waals surface area contributed by atoms with Crippen LogP contribution in [-0.4, -0.2) is 17.9 Å². The fraction of sp³-hybridized carbons (Fsp3) is 0.385. The number of carbonyl (C=O) groups is 2. The highest BCUT2D eigenvalue weighted by atomic mass is 35.5. The van der Waals surface area contributed by atoms with Crippen LogP contribution in [0, 0.1) is 11.7 Å². The highest BCUT2D eigenvalue weighted by Crippen LogP contribution is 2.26. The van der Waals surface area contributed by atoms with Gasteiger partial charge in [0.15, 0.2) is 0 Å². The summed E-state index contributed by atoms with van der Waals surface area (Å²) >= 11 is 5.74. The molecular weight excluding hydrogens is 285 g/mol. The van der Waals surface area contributed by atoms with Gasteiger partial charge in [-0.3, -0.25) is 9.59 Å². The molecule has 0 saturated carbocycles. The molecule has 0 spiro atoms. The Labute approximate surface area is 121 Å². The van der Waals surface area contributed by atoms with E-state index in [-0.39, 0.29) is 28.2 Å². The monoisotopic (exact) mass is 301 g/mol. The lowest BCUT2D eigenvalue weighted by Gasteiger charge is -2.21. The number of halogens is 2. The van der Waals surface area contributed by atoms with Gasteiger partial charge in [0.2, 0.25) is 11.8 Å². The maximum atomic E-state index is 13.4. The molecule has 4 N–H and O–H groups in total. The fourth-order valence-electron chi connectivity index (χ4n) is 1.63. The smallest absolute Gasteiger partial charge is 0.247 e. The van der Waals surface area contributed by atoms with E-state index in [0.717, 1.165) is 6.07 Å². The summed E-state index contributed by atoms with van der Waals surface area (Å²) in [5, 5.41) is 5.06. The SMILES string of the molecule is CC(=O)N[C@@H](C(=O)Nc1cc(F)c(N)c(Cl)c1)C(C)C. The van der Waals surface area contributed by atoms with Crippen LogP contribution in [0.3, 0.4) is 0 Å². The summed E-state index contributed by atoms with van der Waals surface area (Å²) in [7, 11) is 0. The number of anilines is 2. The van der Waals surface area contributed by atoms with Crippen LogP contribution >= 0.6 is 11.6 Å². The van der Waals surface area contributed by atoms with E-state index in [1.807, 2.05) is 0 Å². The van der Waals surface area contributed by atoms with Crippen LogP contribution in [0.5, 0.6) is 0 Å². The van der Waals surface area contributed by atoms with E-state index in [9.17, 15) is 14.0 Å². The van der Waals surface area contributed by atoms with E-state index in [4.69, 9.17) is 17.3 Å². The maximum Gasteiger partial charge on any atom is 0.247 e. The third kappa shape index (κ3) is 4.09. The number of benzene rings is 1. The van der Waals surface area contributed by atoms with Gasteiger partial charge in [0.25, 0.3) is 0 Å². The van der Waals surface area contributed by atoms with E-state index in [1.54, 1.807) is 13.8 Å². The predicted octanol–water partition coefficient (Wildman–Crippen LogP) is 2.16. The summed E-state index contributed by atoms with van der Waals surface area (Å²) in [6, 6.07) is 1.71. The number of nitrogens with one attached hydrogen (secondary N) is 2. The molecule has 1 atom stereocenters. The Bertz CT molecular complexity index is 511. The van der Waals surface area contributed by atoms with Gasteiger partial charge >= 0.3 is 0 Å². The van der Waals surface area contributed by atoms with E-state index < -0.39 is 17.8 Å². The first-order valence-corrected chi connectivity index (χ1v) is 6.42. The number of amides is 2. The summed E-state index contributed by atoms with van der Waals surface area (Å²) in [4.78, 5) is 23.2. The first-order chi connectivity index (χ1) is 9.22. The Hall–Kier alpha value is -1.82. The molecule has 0 radical (unpaired) electrons. The third-order valence-electron chi connectivity index (χ3n) is 2.65. The summed E-state index contributed by atoms with van der Waals surface area (Å²) in [5.41, 5.74) is 5.39. The van der Waals surface area contributed by atoms with Gasteiger partial charge in [0, 0.05) is 12.6 Å². The molecule has 0 bridgehead atoms. The van der Waals surface area contributed by atoms with Crippen molar-refractivity contribution in [1.29, 1.82) is 0 Å². The van der Waals surface area contributed by atoms with Crippen molar-refractivity contribution in [3.63, 3.8) is 0 Å². The highest BCUT2D eigenvalue weighted by molar-refractivity contribution is 6.33. The Morgan fingerprint density at radius 1 is 1.35 bits per heavy atom. The molecule has 20 heavy (non-hydrogen) atoms. The van der Waals surface area contributed by atoms with Gasteiger partial charge in [-0.1, -0.05) is 25.4 Å². The Balaban J connectivity index is 2.91. The van der Waals surface area contributed by atoms with E-state index in [2.05, 4.69) is 10.6 Å². The lowest BCUT2D eigenvalue weighted by Crippen LogP contribution is -2.46. The number of hydrogen-bond donors (Lipinski definition) is 3. The molecule has 2 amide bonds. The molecule has 0 aromatic heterocycles. The zero-order valence-corrected chi connectivity index (χ0v) is 12.2. The van der Waals surface area contributed by atoms with Gasteiger partial charge in [-0.2, -0.15) is 0 Å². The van der Waals surface area contributed by atoms with Gasteiger partial charge in [-0.25, -0.2) is 4.39 Å². The molecule has 0 fully saturated rings. The average Bonchev–Trinajstić information content (AvgIpc) is 2.32. The largest absolute Gasteiger partial charge is 0.395 e. The average molecular weight is 302 g/mol. The summed E-state index contributed by atoms with van der Waals surface area (Å²) in [5.74, 6) is -1.60. The number of carbonyl (C=O) groups excluding carboxylic acids is 2. The summed E-state index contributed by atoms with van der Waals surface area (Å²) < 4.78 is 13.4. The molecule has 7 heteroatoms. The van der Waals surface area contributed by atoms with E-state index >= 15 is 0 Å². The van der Waals surface area contributed by atoms with Crippen molar-refractivity contribution in [2.24, 2.45) is 5.92 Å². The second-order valence-electron chi connectivity index (χ2n) is 4.77. The number of hydrogen-bond acceptors (Lipinski definition) is 3. The van der Waals surface area contributed by atoms with E-state index in [1.165, 1.54) is 13.0 Å². The number of rotatable bonds is 4. The molecule has 5 nitrogen and oxygen atoms in total. The highest BCUT2D eigenvalue weighted by Gasteiger charge is 2.23. The number of nitrogen functional groups attached to an aromatic ring is 1. The van der Waals surface area contributed by atoms with Gasteiger partial charge in [-0.05, 0) is 18.1 Å². The molecule has 1 aromatic rings. The molecule has 110 valence electrons. The summed E-state index contributed by atoms with van der Waals surface area (Å²) in [6.45, 7) is 4.90. The van der Waals surface area contributed by atoms with Crippen LogP contribution in [-0.2, 0) is 9.59 Å². The Morgan fingerprint density at radius 2 is 1.95 bits per heavy atom. The third-order valence-corrected chi connectivity index (χ3v) is 2.97. The zero-order valence-electron chi connectivity index (χ0n) is 11.5. The van der Waals surface area contributed by atoms with Gasteiger partial charge in [0.1, 0.15) is 11.9 Å². The molecule has 1 rings (SSSR count). The quantitative estimate of drug-likeness (QED) is 0.745. The molecule has 0 heterocycles. The Kier molecular flexibility index (Phi) is 5.33. The molecule has 0 aliphatic heterocycles. The minimum Gasteiger partial charge on any atom is -0.395 e. The molecule has 1 aromatic carbocycles. The van der Waals surface area contributed by atoms with Crippen LogP contribution in [0.1, 0.15) is 20.8 Å². The standard InChI is InChI=1S/C13H17ClFN3O2/c1-6(2)12(17-7(3)19)13(20)18-8-4-9(14)11(16)10(15)5-8/h4-6,12H,16H2,1-3H3,(H,17,19)(H,18,20)/t12-/m1/s1. The van der Waals surface area contributed by atoms with Crippen molar-refractivity contribution in [1.82, 2.24) is 5.32 Å². The minimum atomic E-state index is -0.716. The van der Waals surface area contributed by atoms with Crippen LogP contribution in [0.25, 0.3) is 0 Å². The van der Waals surface area contributed by atoms with Crippen molar-refractivity contribution in [3.8, 4) is 0 Å². The fourth-order valence-corrected chi connectivity index (χ4v) is 1.84. The Morgan fingerprint density at radius 3 is 2.40 bits per heavy atom. The molecule has 0 aliphatic rings. The van der Waals surface area contributed by atoms with Gasteiger partial charge in [0.05, 0.1) is 10.7 Å². The molecule has 0 saturated heterocycles. The topological polar surface area (TPSA) is 84.2 Å².